The second-order valence-corrected chi connectivity index (χ2v) is 6.77. The van der Waals surface area contributed by atoms with Crippen LogP contribution in [0.3, 0.4) is 0 Å². The summed E-state index contributed by atoms with van der Waals surface area (Å²) >= 11 is 3.42. The molecular formula is C20H14BrN5O. The summed E-state index contributed by atoms with van der Waals surface area (Å²) in [5.41, 5.74) is 2.23. The fourth-order valence-electron chi connectivity index (χ4n) is 2.74. The van der Waals surface area contributed by atoms with Crippen LogP contribution in [0, 0.1) is 0 Å². The van der Waals surface area contributed by atoms with E-state index < -0.39 is 0 Å². The molecule has 0 fully saturated rings. The Hall–Kier alpha value is -3.32. The number of carbonyl (C=O) groups excluding carboxylic acids is 1. The summed E-state index contributed by atoms with van der Waals surface area (Å²) < 4.78 is 0.854. The molecule has 4 rings (SSSR count). The number of benzene rings is 3. The zero-order chi connectivity index (χ0) is 18.6. The molecule has 0 unspecified atom stereocenters. The van der Waals surface area contributed by atoms with E-state index in [1.54, 1.807) is 12.1 Å². The molecule has 6 nitrogen and oxygen atoms in total. The largest absolute Gasteiger partial charge is 0.322 e. The number of tetrazole rings is 1. The lowest BCUT2D eigenvalue weighted by atomic mass is 10.1. The Labute approximate surface area is 163 Å². The van der Waals surface area contributed by atoms with Crippen LogP contribution in [0.2, 0.25) is 0 Å². The van der Waals surface area contributed by atoms with Crippen LogP contribution in [0.25, 0.3) is 28.2 Å². The monoisotopic (exact) mass is 419 g/mol. The number of aromatic amines is 1. The molecule has 132 valence electrons. The van der Waals surface area contributed by atoms with Crippen molar-refractivity contribution in [3.63, 3.8) is 0 Å². The van der Waals surface area contributed by atoms with Crippen molar-refractivity contribution in [3.8, 4) is 11.4 Å². The van der Waals surface area contributed by atoms with Crippen LogP contribution in [0.5, 0.6) is 0 Å². The maximum Gasteiger partial charge on any atom is 0.248 e. The Kier molecular flexibility index (Phi) is 4.76. The van der Waals surface area contributed by atoms with E-state index in [1.807, 2.05) is 48.5 Å². The molecule has 0 saturated heterocycles. The maximum atomic E-state index is 12.4. The van der Waals surface area contributed by atoms with Crippen molar-refractivity contribution >= 4 is 44.4 Å². The van der Waals surface area contributed by atoms with Gasteiger partial charge in [-0.15, -0.1) is 10.2 Å². The molecule has 0 spiro atoms. The third-order valence-corrected chi connectivity index (χ3v) is 4.52. The Balaban J connectivity index is 1.55. The van der Waals surface area contributed by atoms with Crippen molar-refractivity contribution in [2.45, 2.75) is 0 Å². The van der Waals surface area contributed by atoms with E-state index in [2.05, 4.69) is 47.9 Å². The van der Waals surface area contributed by atoms with Crippen molar-refractivity contribution in [2.75, 3.05) is 5.32 Å². The summed E-state index contributed by atoms with van der Waals surface area (Å²) in [6.45, 7) is 0. The van der Waals surface area contributed by atoms with Crippen molar-refractivity contribution in [1.29, 1.82) is 0 Å². The molecule has 1 heterocycles. The van der Waals surface area contributed by atoms with Gasteiger partial charge in [-0.2, -0.15) is 5.21 Å². The van der Waals surface area contributed by atoms with Gasteiger partial charge in [-0.3, -0.25) is 4.79 Å². The number of carbonyl (C=O) groups is 1. The van der Waals surface area contributed by atoms with E-state index in [0.29, 0.717) is 17.1 Å². The predicted molar refractivity (Wildman–Crippen MR) is 109 cm³/mol. The standard InChI is InChI=1S/C20H14BrN5O/c21-16-8-9-18(17(12-16)20-23-25-26-24-20)22-19(27)10-6-13-5-7-14-3-1-2-4-15(14)11-13/h1-12H,(H,22,27)(H,23,24,25,26). The fourth-order valence-corrected chi connectivity index (χ4v) is 3.11. The summed E-state index contributed by atoms with van der Waals surface area (Å²) in [5, 5.41) is 19.1. The number of hydrogen-bond acceptors (Lipinski definition) is 4. The van der Waals surface area contributed by atoms with Crippen LogP contribution < -0.4 is 5.32 Å². The quantitative estimate of drug-likeness (QED) is 0.479. The van der Waals surface area contributed by atoms with E-state index in [0.717, 1.165) is 15.4 Å². The number of aromatic nitrogens is 4. The second kappa shape index (κ2) is 7.51. The molecule has 27 heavy (non-hydrogen) atoms. The van der Waals surface area contributed by atoms with Crippen LogP contribution in [0.1, 0.15) is 5.56 Å². The number of nitrogens with one attached hydrogen (secondary N) is 2. The molecule has 0 bridgehead atoms. The van der Waals surface area contributed by atoms with E-state index in [4.69, 9.17) is 0 Å². The first-order valence-corrected chi connectivity index (χ1v) is 8.99. The first kappa shape index (κ1) is 17.1. The van der Waals surface area contributed by atoms with Gasteiger partial charge in [0.2, 0.25) is 11.7 Å². The molecule has 0 saturated carbocycles. The van der Waals surface area contributed by atoms with Crippen LogP contribution in [0.15, 0.2) is 71.2 Å². The van der Waals surface area contributed by atoms with Crippen LogP contribution >= 0.6 is 15.9 Å². The highest BCUT2D eigenvalue weighted by molar-refractivity contribution is 9.10. The number of anilines is 1. The number of halogens is 1. The van der Waals surface area contributed by atoms with Crippen molar-refractivity contribution in [1.82, 2.24) is 20.6 Å². The molecule has 2 N–H and O–H groups in total. The molecule has 4 aromatic rings. The van der Waals surface area contributed by atoms with Gasteiger partial charge in [-0.1, -0.05) is 52.3 Å². The average Bonchev–Trinajstić information content (AvgIpc) is 3.22. The predicted octanol–water partition coefficient (Wildman–Crippen LogP) is 4.43. The summed E-state index contributed by atoms with van der Waals surface area (Å²) in [5.74, 6) is 0.167. The Bertz CT molecular complexity index is 1140. The molecule has 0 atom stereocenters. The van der Waals surface area contributed by atoms with Crippen LogP contribution in [-0.2, 0) is 4.79 Å². The van der Waals surface area contributed by atoms with Crippen LogP contribution in [0.4, 0.5) is 5.69 Å². The summed E-state index contributed by atoms with van der Waals surface area (Å²) in [6, 6.07) is 19.6. The highest BCUT2D eigenvalue weighted by Gasteiger charge is 2.11. The molecule has 1 aromatic heterocycles. The van der Waals surface area contributed by atoms with Gasteiger partial charge in [0, 0.05) is 16.1 Å². The SMILES string of the molecule is O=C(C=Cc1ccc2ccccc2c1)Nc1ccc(Br)cc1-c1nn[nH]n1. The summed E-state index contributed by atoms with van der Waals surface area (Å²) in [7, 11) is 0. The van der Waals surface area contributed by atoms with E-state index >= 15 is 0 Å². The first-order valence-electron chi connectivity index (χ1n) is 8.20. The Morgan fingerprint density at radius 1 is 1.04 bits per heavy atom. The highest BCUT2D eigenvalue weighted by atomic mass is 79.9. The molecule has 0 aliphatic heterocycles. The first-order chi connectivity index (χ1) is 13.2. The minimum atomic E-state index is -0.241. The van der Waals surface area contributed by atoms with Crippen molar-refractivity contribution < 1.29 is 4.79 Å². The van der Waals surface area contributed by atoms with Crippen molar-refractivity contribution in [3.05, 3.63) is 76.8 Å². The van der Waals surface area contributed by atoms with Crippen molar-refractivity contribution in [2.24, 2.45) is 0 Å². The van der Waals surface area contributed by atoms with Gasteiger partial charge in [0.05, 0.1) is 5.69 Å². The number of hydrogen-bond donors (Lipinski definition) is 2. The maximum absolute atomic E-state index is 12.4. The highest BCUT2D eigenvalue weighted by Crippen LogP contribution is 2.28. The Morgan fingerprint density at radius 2 is 1.89 bits per heavy atom. The topological polar surface area (TPSA) is 83.6 Å². The minimum Gasteiger partial charge on any atom is -0.322 e. The van der Waals surface area contributed by atoms with Gasteiger partial charge in [0.1, 0.15) is 0 Å². The summed E-state index contributed by atoms with van der Waals surface area (Å²) in [6.07, 6.45) is 3.29. The summed E-state index contributed by atoms with van der Waals surface area (Å²) in [4.78, 5) is 12.4. The van der Waals surface area contributed by atoms with E-state index in [9.17, 15) is 4.79 Å². The van der Waals surface area contributed by atoms with Gasteiger partial charge in [-0.05, 0) is 51.9 Å². The lowest BCUT2D eigenvalue weighted by Gasteiger charge is -2.07. The van der Waals surface area contributed by atoms with E-state index in [1.165, 1.54) is 11.5 Å². The van der Waals surface area contributed by atoms with Gasteiger partial charge in [-0.25, -0.2) is 0 Å². The normalized spacial score (nSPS) is 11.1. The minimum absolute atomic E-state index is 0.241. The number of amides is 1. The average molecular weight is 420 g/mol. The lowest BCUT2D eigenvalue weighted by molar-refractivity contribution is -0.111. The van der Waals surface area contributed by atoms with Gasteiger partial charge >= 0.3 is 0 Å². The molecule has 1 amide bonds. The van der Waals surface area contributed by atoms with Gasteiger partial charge in [0.25, 0.3) is 0 Å². The number of nitrogens with zero attached hydrogens (tertiary/aromatic N) is 3. The molecule has 3 aromatic carbocycles. The molecule has 0 radical (unpaired) electrons. The molecule has 7 heteroatoms. The second-order valence-electron chi connectivity index (χ2n) is 5.85. The third-order valence-electron chi connectivity index (χ3n) is 4.03. The molecular weight excluding hydrogens is 406 g/mol. The van der Waals surface area contributed by atoms with Crippen LogP contribution in [-0.4, -0.2) is 26.5 Å². The van der Waals surface area contributed by atoms with E-state index in [-0.39, 0.29) is 5.91 Å². The smallest absolute Gasteiger partial charge is 0.248 e. The van der Waals surface area contributed by atoms with Gasteiger partial charge in [0.15, 0.2) is 0 Å². The third kappa shape index (κ3) is 3.93. The molecule has 0 aliphatic carbocycles. The lowest BCUT2D eigenvalue weighted by Crippen LogP contribution is -2.09. The number of fused-ring (bicyclic) bond motifs is 1. The number of H-pyrrole nitrogens is 1. The zero-order valence-electron chi connectivity index (χ0n) is 14.1. The molecule has 0 aliphatic rings. The number of rotatable bonds is 4. The Morgan fingerprint density at radius 3 is 2.70 bits per heavy atom. The zero-order valence-corrected chi connectivity index (χ0v) is 15.6. The fraction of sp³-hybridized carbons (Fsp3) is 0. The van der Waals surface area contributed by atoms with Gasteiger partial charge < -0.3 is 5.32 Å².